The Kier molecular flexibility index (Phi) is 7.43. The van der Waals surface area contributed by atoms with Crippen molar-refractivity contribution in [2.75, 3.05) is 26.0 Å². The monoisotopic (exact) mass is 411 g/mol. The van der Waals surface area contributed by atoms with Crippen LogP contribution in [0.4, 0.5) is 0 Å². The van der Waals surface area contributed by atoms with Gasteiger partial charge in [0.1, 0.15) is 0 Å². The summed E-state index contributed by atoms with van der Waals surface area (Å²) in [6.45, 7) is 3.43. The number of carbonyl (C=O) groups excluding carboxylic acids is 1. The number of carbonyl (C=O) groups is 1. The van der Waals surface area contributed by atoms with Crippen LogP contribution in [0.25, 0.3) is 10.9 Å². The number of aromatic nitrogens is 2. The summed E-state index contributed by atoms with van der Waals surface area (Å²) >= 11 is 1.27. The molecule has 0 unspecified atom stereocenters. The summed E-state index contributed by atoms with van der Waals surface area (Å²) < 4.78 is 6.70. The third-order valence-corrected chi connectivity index (χ3v) is 5.63. The SMILES string of the molecule is COCCn1c(SCC(=O)NC[C@@H](C)c2ccccc2)nc2ccccc2c1=O. The number of nitrogens with one attached hydrogen (secondary N) is 1. The second-order valence-electron chi connectivity index (χ2n) is 6.77. The van der Waals surface area contributed by atoms with Gasteiger partial charge in [-0.25, -0.2) is 4.98 Å². The van der Waals surface area contributed by atoms with Gasteiger partial charge in [-0.3, -0.25) is 14.2 Å². The van der Waals surface area contributed by atoms with E-state index in [2.05, 4.69) is 29.4 Å². The van der Waals surface area contributed by atoms with Crippen LogP contribution in [0.1, 0.15) is 18.4 Å². The summed E-state index contributed by atoms with van der Waals surface area (Å²) in [5.41, 5.74) is 1.70. The lowest BCUT2D eigenvalue weighted by atomic mass is 10.0. The molecule has 0 saturated carbocycles. The quantitative estimate of drug-likeness (QED) is 0.433. The molecule has 0 saturated heterocycles. The topological polar surface area (TPSA) is 73.2 Å². The minimum atomic E-state index is -0.117. The normalized spacial score (nSPS) is 12.1. The number of para-hydroxylation sites is 1. The smallest absolute Gasteiger partial charge is 0.262 e. The number of rotatable bonds is 9. The van der Waals surface area contributed by atoms with Crippen molar-refractivity contribution in [3.05, 3.63) is 70.5 Å². The molecule has 0 aliphatic carbocycles. The minimum absolute atomic E-state index is 0.0847. The average Bonchev–Trinajstić information content (AvgIpc) is 2.76. The van der Waals surface area contributed by atoms with E-state index in [9.17, 15) is 9.59 Å². The van der Waals surface area contributed by atoms with Crippen LogP contribution in [0.15, 0.2) is 64.5 Å². The summed E-state index contributed by atoms with van der Waals surface area (Å²) in [5, 5.41) is 4.05. The fraction of sp³-hybridized carbons (Fsp3) is 0.318. The highest BCUT2D eigenvalue weighted by molar-refractivity contribution is 7.99. The van der Waals surface area contributed by atoms with Gasteiger partial charge in [-0.2, -0.15) is 0 Å². The lowest BCUT2D eigenvalue weighted by Gasteiger charge is -2.14. The molecular formula is C22H25N3O3S. The van der Waals surface area contributed by atoms with E-state index in [1.807, 2.05) is 36.4 Å². The van der Waals surface area contributed by atoms with Gasteiger partial charge in [-0.15, -0.1) is 0 Å². The van der Waals surface area contributed by atoms with Crippen LogP contribution in [-0.2, 0) is 16.1 Å². The van der Waals surface area contributed by atoms with Crippen LogP contribution in [-0.4, -0.2) is 41.5 Å². The molecule has 29 heavy (non-hydrogen) atoms. The molecule has 1 N–H and O–H groups in total. The second kappa shape index (κ2) is 10.2. The second-order valence-corrected chi connectivity index (χ2v) is 7.71. The summed E-state index contributed by atoms with van der Waals surface area (Å²) in [4.78, 5) is 29.8. The molecule has 7 heteroatoms. The number of nitrogens with zero attached hydrogens (tertiary/aromatic N) is 2. The van der Waals surface area contributed by atoms with Gasteiger partial charge in [0.25, 0.3) is 5.56 Å². The molecule has 0 spiro atoms. The van der Waals surface area contributed by atoms with Gasteiger partial charge < -0.3 is 10.1 Å². The van der Waals surface area contributed by atoms with Crippen LogP contribution in [0.3, 0.4) is 0 Å². The maximum absolute atomic E-state index is 12.8. The molecule has 1 atom stereocenters. The Labute approximate surface area is 174 Å². The molecular weight excluding hydrogens is 386 g/mol. The molecule has 0 fully saturated rings. The van der Waals surface area contributed by atoms with Crippen molar-refractivity contribution in [2.45, 2.75) is 24.5 Å². The van der Waals surface area contributed by atoms with E-state index in [1.165, 1.54) is 17.3 Å². The van der Waals surface area contributed by atoms with Crippen molar-refractivity contribution in [3.8, 4) is 0 Å². The van der Waals surface area contributed by atoms with Crippen molar-refractivity contribution in [3.63, 3.8) is 0 Å². The van der Waals surface area contributed by atoms with Gasteiger partial charge in [-0.05, 0) is 23.6 Å². The summed E-state index contributed by atoms with van der Waals surface area (Å²) in [6, 6.07) is 17.3. The first kappa shape index (κ1) is 21.1. The molecule has 0 aliphatic heterocycles. The highest BCUT2D eigenvalue weighted by Crippen LogP contribution is 2.18. The Morgan fingerprint density at radius 1 is 1.17 bits per heavy atom. The lowest BCUT2D eigenvalue weighted by Crippen LogP contribution is -2.30. The molecule has 0 bridgehead atoms. The Morgan fingerprint density at radius 3 is 2.66 bits per heavy atom. The van der Waals surface area contributed by atoms with Crippen molar-refractivity contribution in [1.82, 2.24) is 14.9 Å². The first-order valence-electron chi connectivity index (χ1n) is 9.53. The maximum atomic E-state index is 12.8. The van der Waals surface area contributed by atoms with E-state index in [4.69, 9.17) is 4.74 Å². The first-order valence-corrected chi connectivity index (χ1v) is 10.5. The van der Waals surface area contributed by atoms with Gasteiger partial charge in [-0.1, -0.05) is 61.2 Å². The predicted octanol–water partition coefficient (Wildman–Crippen LogP) is 3.05. The number of ether oxygens (including phenoxy) is 1. The lowest BCUT2D eigenvalue weighted by molar-refractivity contribution is -0.118. The third-order valence-electron chi connectivity index (χ3n) is 4.65. The predicted molar refractivity (Wildman–Crippen MR) is 116 cm³/mol. The van der Waals surface area contributed by atoms with Gasteiger partial charge in [0, 0.05) is 13.7 Å². The minimum Gasteiger partial charge on any atom is -0.383 e. The molecule has 152 valence electrons. The molecule has 6 nitrogen and oxygen atoms in total. The van der Waals surface area contributed by atoms with E-state index in [-0.39, 0.29) is 23.1 Å². The number of methoxy groups -OCH3 is 1. The maximum Gasteiger partial charge on any atom is 0.262 e. The standard InChI is InChI=1S/C22H25N3O3S/c1-16(17-8-4-3-5-9-17)14-23-20(26)15-29-22-24-19-11-7-6-10-18(19)21(27)25(22)12-13-28-2/h3-11,16H,12-15H2,1-2H3,(H,23,26)/t16-/m1/s1. The summed E-state index contributed by atoms with van der Waals surface area (Å²) in [5.74, 6) is 0.335. The summed E-state index contributed by atoms with van der Waals surface area (Å²) in [7, 11) is 1.59. The fourth-order valence-electron chi connectivity index (χ4n) is 2.99. The van der Waals surface area contributed by atoms with Crippen molar-refractivity contribution in [1.29, 1.82) is 0 Å². The number of hydrogen-bond donors (Lipinski definition) is 1. The number of fused-ring (bicyclic) bond motifs is 1. The fourth-order valence-corrected chi connectivity index (χ4v) is 3.84. The van der Waals surface area contributed by atoms with E-state index >= 15 is 0 Å². The Balaban J connectivity index is 1.67. The molecule has 0 radical (unpaired) electrons. The van der Waals surface area contributed by atoms with Crippen LogP contribution in [0.5, 0.6) is 0 Å². The van der Waals surface area contributed by atoms with Crippen LogP contribution < -0.4 is 10.9 Å². The third kappa shape index (κ3) is 5.46. The Hall–Kier alpha value is -2.64. The van der Waals surface area contributed by atoms with E-state index in [0.29, 0.717) is 35.8 Å². The zero-order valence-corrected chi connectivity index (χ0v) is 17.4. The molecule has 1 aromatic heterocycles. The molecule has 1 amide bonds. The summed E-state index contributed by atoms with van der Waals surface area (Å²) in [6.07, 6.45) is 0. The largest absolute Gasteiger partial charge is 0.383 e. The average molecular weight is 412 g/mol. The van der Waals surface area contributed by atoms with Gasteiger partial charge in [0.15, 0.2) is 5.16 Å². The van der Waals surface area contributed by atoms with Crippen LogP contribution in [0, 0.1) is 0 Å². The van der Waals surface area contributed by atoms with Crippen molar-refractivity contribution < 1.29 is 9.53 Å². The van der Waals surface area contributed by atoms with E-state index < -0.39 is 0 Å². The molecule has 2 aromatic carbocycles. The highest BCUT2D eigenvalue weighted by Gasteiger charge is 2.14. The molecule has 3 rings (SSSR count). The Bertz CT molecular complexity index is 1020. The zero-order chi connectivity index (χ0) is 20.6. The van der Waals surface area contributed by atoms with Crippen LogP contribution >= 0.6 is 11.8 Å². The number of hydrogen-bond acceptors (Lipinski definition) is 5. The highest BCUT2D eigenvalue weighted by atomic mass is 32.2. The van der Waals surface area contributed by atoms with Crippen LogP contribution in [0.2, 0.25) is 0 Å². The van der Waals surface area contributed by atoms with Gasteiger partial charge in [0.05, 0.1) is 29.8 Å². The first-order chi connectivity index (χ1) is 14.1. The van der Waals surface area contributed by atoms with Crippen molar-refractivity contribution >= 4 is 28.6 Å². The molecule has 1 heterocycles. The molecule has 0 aliphatic rings. The number of thioether (sulfide) groups is 1. The zero-order valence-electron chi connectivity index (χ0n) is 16.6. The number of benzene rings is 2. The number of amides is 1. The van der Waals surface area contributed by atoms with E-state index in [0.717, 1.165) is 0 Å². The Morgan fingerprint density at radius 2 is 1.90 bits per heavy atom. The van der Waals surface area contributed by atoms with Gasteiger partial charge in [0.2, 0.25) is 5.91 Å². The van der Waals surface area contributed by atoms with E-state index in [1.54, 1.807) is 17.7 Å². The van der Waals surface area contributed by atoms with Gasteiger partial charge >= 0.3 is 0 Å². The van der Waals surface area contributed by atoms with Crippen molar-refractivity contribution in [2.24, 2.45) is 0 Å². The molecule has 3 aromatic rings.